The van der Waals surface area contributed by atoms with Crippen molar-refractivity contribution in [3.05, 3.63) is 99.7 Å². The smallest absolute Gasteiger partial charge is 0.317 e. The van der Waals surface area contributed by atoms with Crippen LogP contribution < -0.4 is 5.32 Å². The highest BCUT2D eigenvalue weighted by molar-refractivity contribution is 5.85. The molecule has 3 aromatic carbocycles. The van der Waals surface area contributed by atoms with Gasteiger partial charge >= 0.3 is 6.03 Å². The summed E-state index contributed by atoms with van der Waals surface area (Å²) in [6, 6.07) is 19.6. The molecule has 232 valence electrons. The molecule has 6 rings (SSSR count). The molecular weight excluding hydrogens is 562 g/mol. The predicted molar refractivity (Wildman–Crippen MR) is 164 cm³/mol. The minimum absolute atomic E-state index is 0.0658. The maximum Gasteiger partial charge on any atom is 0.317 e. The number of carbonyl (C=O) groups is 1. The lowest BCUT2D eigenvalue weighted by atomic mass is 9.88. The number of phenols is 1. The van der Waals surface area contributed by atoms with E-state index in [1.807, 2.05) is 48.2 Å². The number of aromatic nitrogens is 1. The summed E-state index contributed by atoms with van der Waals surface area (Å²) < 4.78 is 5.67. The molecule has 0 saturated carbocycles. The van der Waals surface area contributed by atoms with Crippen molar-refractivity contribution in [2.24, 2.45) is 0 Å². The quantitative estimate of drug-likeness (QED) is 0.172. The van der Waals surface area contributed by atoms with Gasteiger partial charge in [-0.05, 0) is 72.2 Å². The monoisotopic (exact) mass is 601 g/mol. The van der Waals surface area contributed by atoms with E-state index in [-0.39, 0.29) is 17.3 Å². The van der Waals surface area contributed by atoms with Gasteiger partial charge < -0.3 is 45.5 Å². The summed E-state index contributed by atoms with van der Waals surface area (Å²) in [5, 5.41) is 55.4. The molecule has 2 aliphatic heterocycles. The first-order chi connectivity index (χ1) is 21.2. The third kappa shape index (κ3) is 5.91. The fourth-order valence-corrected chi connectivity index (χ4v) is 6.37. The zero-order chi connectivity index (χ0) is 31.0. The van der Waals surface area contributed by atoms with Crippen molar-refractivity contribution in [1.82, 2.24) is 15.2 Å². The molecule has 0 radical (unpaired) electrons. The number of carbonyl (C=O) groups excluding carboxylic acids is 1. The standard InChI is InChI=1S/C34H39N3O7/c1-19-14-28(39)25(33-32(42)31(41)30(40)29(18-38)44-33)16-22(19)15-21-8-6-20(7-9-21)10-12-35-34(43)37-13-11-24-23-4-2-3-5-26(23)36-27(24)17-37/h2-9,14,16,29-33,36,38-42H,10-13,15,17-18H2,1H3,(H,35,43)/t29-,30-,31+,32-,33+/m1/s1. The number of H-pyrrole nitrogens is 1. The number of aryl methyl sites for hydroxylation is 1. The molecule has 10 nitrogen and oxygen atoms in total. The van der Waals surface area contributed by atoms with Gasteiger partial charge in [-0.1, -0.05) is 42.5 Å². The second-order valence-corrected chi connectivity index (χ2v) is 11.9. The summed E-state index contributed by atoms with van der Waals surface area (Å²) in [5.74, 6) is -0.0979. The van der Waals surface area contributed by atoms with E-state index in [0.29, 0.717) is 32.5 Å². The van der Waals surface area contributed by atoms with Gasteiger partial charge in [0.05, 0.1) is 13.2 Å². The average Bonchev–Trinajstić information content (AvgIpc) is 3.40. The number of hydrogen-bond donors (Lipinski definition) is 7. The zero-order valence-electron chi connectivity index (χ0n) is 24.6. The molecule has 0 unspecified atom stereocenters. The number of para-hydroxylation sites is 1. The van der Waals surface area contributed by atoms with Crippen LogP contribution in [0.4, 0.5) is 4.79 Å². The van der Waals surface area contributed by atoms with Crippen molar-refractivity contribution < 1.29 is 35.1 Å². The van der Waals surface area contributed by atoms with E-state index in [4.69, 9.17) is 4.74 Å². The lowest BCUT2D eigenvalue weighted by Gasteiger charge is -2.40. The number of aliphatic hydroxyl groups excluding tert-OH is 4. The fraction of sp³-hybridized carbons (Fsp3) is 0.382. The maximum absolute atomic E-state index is 12.9. The van der Waals surface area contributed by atoms with Gasteiger partial charge in [0.15, 0.2) is 0 Å². The van der Waals surface area contributed by atoms with Crippen molar-refractivity contribution in [1.29, 1.82) is 0 Å². The Bertz CT molecular complexity index is 1630. The molecule has 0 bridgehead atoms. The number of nitrogens with zero attached hydrogens (tertiary/aromatic N) is 1. The van der Waals surface area contributed by atoms with Crippen molar-refractivity contribution in [2.45, 2.75) is 63.3 Å². The van der Waals surface area contributed by atoms with Crippen LogP contribution in [0.1, 0.15) is 45.2 Å². The molecule has 7 N–H and O–H groups in total. The SMILES string of the molecule is Cc1cc(O)c([C@@H]2O[C@H](CO)[C@@H](O)[C@H](O)[C@H]2O)cc1Cc1ccc(CCNC(=O)N2CCc3c([nH]c4ccccc34)C2)cc1. The Morgan fingerprint density at radius 3 is 2.55 bits per heavy atom. The summed E-state index contributed by atoms with van der Waals surface area (Å²) >= 11 is 0. The number of urea groups is 1. The van der Waals surface area contributed by atoms with E-state index in [1.54, 1.807) is 12.1 Å². The molecule has 44 heavy (non-hydrogen) atoms. The Balaban J connectivity index is 1.05. The minimum Gasteiger partial charge on any atom is -0.508 e. The summed E-state index contributed by atoms with van der Waals surface area (Å²) in [7, 11) is 0. The highest BCUT2D eigenvalue weighted by Crippen LogP contribution is 2.38. The van der Waals surface area contributed by atoms with Gasteiger partial charge in [-0.25, -0.2) is 4.79 Å². The summed E-state index contributed by atoms with van der Waals surface area (Å²) in [4.78, 5) is 18.2. The first-order valence-corrected chi connectivity index (χ1v) is 15.1. The van der Waals surface area contributed by atoms with E-state index < -0.39 is 37.1 Å². The highest BCUT2D eigenvalue weighted by atomic mass is 16.5. The van der Waals surface area contributed by atoms with Crippen molar-refractivity contribution in [3.63, 3.8) is 0 Å². The third-order valence-electron chi connectivity index (χ3n) is 8.96. The fourth-order valence-electron chi connectivity index (χ4n) is 6.37. The van der Waals surface area contributed by atoms with Crippen LogP contribution in [0.5, 0.6) is 5.75 Å². The molecule has 5 atom stereocenters. The number of fused-ring (bicyclic) bond motifs is 3. The van der Waals surface area contributed by atoms with Gasteiger partial charge in [-0.2, -0.15) is 0 Å². The molecular formula is C34H39N3O7. The largest absolute Gasteiger partial charge is 0.508 e. The van der Waals surface area contributed by atoms with Crippen molar-refractivity contribution >= 4 is 16.9 Å². The number of hydrogen-bond acceptors (Lipinski definition) is 7. The molecule has 4 aromatic rings. The van der Waals surface area contributed by atoms with Gasteiger partial charge in [0, 0.05) is 35.2 Å². The minimum atomic E-state index is -1.53. The van der Waals surface area contributed by atoms with Gasteiger partial charge in [0.2, 0.25) is 0 Å². The molecule has 3 heterocycles. The lowest BCUT2D eigenvalue weighted by Crippen LogP contribution is -2.55. The van der Waals surface area contributed by atoms with Crippen LogP contribution in [0, 0.1) is 6.92 Å². The second-order valence-electron chi connectivity index (χ2n) is 11.9. The van der Waals surface area contributed by atoms with E-state index in [1.165, 1.54) is 10.9 Å². The van der Waals surface area contributed by atoms with Gasteiger partial charge in [-0.15, -0.1) is 0 Å². The van der Waals surface area contributed by atoms with Crippen LogP contribution in [-0.4, -0.2) is 85.6 Å². The van der Waals surface area contributed by atoms with E-state index >= 15 is 0 Å². The molecule has 1 aromatic heterocycles. The van der Waals surface area contributed by atoms with Crippen LogP contribution in [-0.2, 0) is 30.5 Å². The Hall–Kier alpha value is -3.93. The van der Waals surface area contributed by atoms with E-state index in [0.717, 1.165) is 39.9 Å². The Morgan fingerprint density at radius 2 is 1.77 bits per heavy atom. The number of nitrogens with one attached hydrogen (secondary N) is 2. The first kappa shape index (κ1) is 30.1. The van der Waals surface area contributed by atoms with Crippen LogP contribution in [0.3, 0.4) is 0 Å². The summed E-state index contributed by atoms with van der Waals surface area (Å²) in [5.41, 5.74) is 7.67. The maximum atomic E-state index is 12.9. The topological polar surface area (TPSA) is 159 Å². The Labute approximate surface area is 255 Å². The molecule has 1 saturated heterocycles. The van der Waals surface area contributed by atoms with Crippen LogP contribution in [0.2, 0.25) is 0 Å². The number of rotatable bonds is 7. The number of aliphatic hydroxyl groups is 4. The molecule has 1 fully saturated rings. The molecule has 2 aliphatic rings. The number of ether oxygens (including phenoxy) is 1. The van der Waals surface area contributed by atoms with Crippen LogP contribution in [0.25, 0.3) is 10.9 Å². The number of aromatic amines is 1. The Kier molecular flexibility index (Phi) is 8.61. The van der Waals surface area contributed by atoms with Crippen molar-refractivity contribution in [2.75, 3.05) is 19.7 Å². The summed E-state index contributed by atoms with van der Waals surface area (Å²) in [6.45, 7) is 3.11. The second kappa shape index (κ2) is 12.6. The zero-order valence-corrected chi connectivity index (χ0v) is 24.6. The van der Waals surface area contributed by atoms with Gasteiger partial charge in [-0.3, -0.25) is 0 Å². The Morgan fingerprint density at radius 1 is 1.02 bits per heavy atom. The van der Waals surface area contributed by atoms with Crippen LogP contribution >= 0.6 is 0 Å². The van der Waals surface area contributed by atoms with Gasteiger partial charge in [0.1, 0.15) is 36.3 Å². The number of amides is 2. The normalized spacial score (nSPS) is 23.5. The number of benzene rings is 3. The first-order valence-electron chi connectivity index (χ1n) is 15.1. The van der Waals surface area contributed by atoms with Crippen molar-refractivity contribution in [3.8, 4) is 5.75 Å². The average molecular weight is 602 g/mol. The molecule has 2 amide bonds. The van der Waals surface area contributed by atoms with Crippen LogP contribution in [0.15, 0.2) is 60.7 Å². The number of phenolic OH excluding ortho intramolecular Hbond substituents is 1. The summed E-state index contributed by atoms with van der Waals surface area (Å²) in [6.07, 6.45) is -4.57. The van der Waals surface area contributed by atoms with E-state index in [9.17, 15) is 30.3 Å². The lowest BCUT2D eigenvalue weighted by molar-refractivity contribution is -0.232. The molecule has 0 spiro atoms. The molecule has 0 aliphatic carbocycles. The third-order valence-corrected chi connectivity index (χ3v) is 8.96. The highest BCUT2D eigenvalue weighted by Gasteiger charge is 2.44. The predicted octanol–water partition coefficient (Wildman–Crippen LogP) is 2.60. The van der Waals surface area contributed by atoms with Gasteiger partial charge in [0.25, 0.3) is 0 Å². The molecule has 10 heteroatoms. The number of aromatic hydroxyl groups is 1. The van der Waals surface area contributed by atoms with E-state index in [2.05, 4.69) is 22.4 Å².